The monoisotopic (exact) mass is 602 g/mol. The zero-order chi connectivity index (χ0) is 30.4. The van der Waals surface area contributed by atoms with E-state index in [1.807, 2.05) is 45.0 Å². The number of rotatable bonds is 7. The van der Waals surface area contributed by atoms with E-state index in [-0.39, 0.29) is 36.1 Å². The molecule has 1 saturated carbocycles. The fourth-order valence-electron chi connectivity index (χ4n) is 6.80. The van der Waals surface area contributed by atoms with Crippen LogP contribution in [0.5, 0.6) is 5.75 Å². The largest absolute Gasteiger partial charge is 0.488 e. The van der Waals surface area contributed by atoms with Crippen LogP contribution in [0.25, 0.3) is 11.3 Å². The number of hydrogen-bond acceptors (Lipinski definition) is 7. The number of aryl methyl sites for hydroxylation is 3. The van der Waals surface area contributed by atoms with Gasteiger partial charge in [-0.25, -0.2) is 4.98 Å². The zero-order valence-electron chi connectivity index (χ0n) is 25.1. The Balaban J connectivity index is 1.17. The molecule has 0 radical (unpaired) electrons. The van der Waals surface area contributed by atoms with E-state index < -0.39 is 5.97 Å². The number of amides is 2. The van der Waals surface area contributed by atoms with Crippen molar-refractivity contribution < 1.29 is 24.2 Å². The van der Waals surface area contributed by atoms with Gasteiger partial charge in [0, 0.05) is 49.7 Å². The van der Waals surface area contributed by atoms with Gasteiger partial charge in [0.05, 0.1) is 11.6 Å². The minimum Gasteiger partial charge on any atom is -0.488 e. The summed E-state index contributed by atoms with van der Waals surface area (Å²) in [6.07, 6.45) is 1.94. The first kappa shape index (κ1) is 29.2. The van der Waals surface area contributed by atoms with Gasteiger partial charge in [0.1, 0.15) is 18.9 Å². The number of piperidine rings is 1. The summed E-state index contributed by atoms with van der Waals surface area (Å²) in [4.78, 5) is 47.7. The molecule has 10 heteroatoms. The molecule has 43 heavy (non-hydrogen) atoms. The minimum atomic E-state index is -0.660. The predicted octanol–water partition coefficient (Wildman–Crippen LogP) is 4.78. The molecule has 1 N–H and O–H groups in total. The van der Waals surface area contributed by atoms with Crippen LogP contribution >= 0.6 is 11.3 Å². The van der Waals surface area contributed by atoms with Gasteiger partial charge < -0.3 is 24.5 Å². The molecule has 3 fully saturated rings. The molecule has 2 aliphatic heterocycles. The molecule has 2 atom stereocenters. The Morgan fingerprint density at radius 2 is 1.79 bits per heavy atom. The Bertz CT molecular complexity index is 1570. The summed E-state index contributed by atoms with van der Waals surface area (Å²) in [5, 5.41) is 12.7. The normalized spacial score (nSPS) is 21.8. The van der Waals surface area contributed by atoms with E-state index >= 15 is 0 Å². The number of anilines is 1. The number of thiazole rings is 1. The number of fused-ring (bicyclic) bond motifs is 2. The van der Waals surface area contributed by atoms with Gasteiger partial charge in [-0.2, -0.15) is 0 Å². The van der Waals surface area contributed by atoms with Crippen molar-refractivity contribution >= 4 is 34.3 Å². The second kappa shape index (κ2) is 11.6. The van der Waals surface area contributed by atoms with Crippen LogP contribution in [-0.4, -0.2) is 77.4 Å². The average molecular weight is 603 g/mol. The highest BCUT2D eigenvalue weighted by Gasteiger charge is 2.46. The van der Waals surface area contributed by atoms with Crippen molar-refractivity contribution in [2.75, 3.05) is 44.7 Å². The molecule has 6 rings (SSSR count). The number of piperazine rings is 1. The van der Waals surface area contributed by atoms with Gasteiger partial charge in [0.15, 0.2) is 5.13 Å². The fraction of sp³-hybridized carbons (Fsp3) is 0.455. The number of aromatic nitrogens is 1. The van der Waals surface area contributed by atoms with Crippen LogP contribution in [0.15, 0.2) is 35.7 Å². The lowest BCUT2D eigenvalue weighted by Gasteiger charge is -2.35. The number of carboxylic acids is 1. The van der Waals surface area contributed by atoms with Gasteiger partial charge >= 0.3 is 5.97 Å². The number of carboxylic acid groups (broad SMARTS) is 1. The first-order valence-corrected chi connectivity index (χ1v) is 15.8. The first-order valence-electron chi connectivity index (χ1n) is 14.9. The van der Waals surface area contributed by atoms with Gasteiger partial charge in [0.2, 0.25) is 5.91 Å². The van der Waals surface area contributed by atoms with E-state index in [1.54, 1.807) is 28.2 Å². The highest BCUT2D eigenvalue weighted by molar-refractivity contribution is 7.14. The maximum atomic E-state index is 13.2. The maximum absolute atomic E-state index is 13.2. The van der Waals surface area contributed by atoms with E-state index in [0.717, 1.165) is 70.3 Å². The summed E-state index contributed by atoms with van der Waals surface area (Å²) in [7, 11) is 1.76. The molecular formula is C33H38N4O5S. The summed E-state index contributed by atoms with van der Waals surface area (Å²) in [6.45, 7) is 8.94. The van der Waals surface area contributed by atoms with Crippen LogP contribution in [0.2, 0.25) is 0 Å². The molecule has 226 valence electrons. The third-order valence-electron chi connectivity index (χ3n) is 9.33. The number of hydrogen-bond donors (Lipinski definition) is 1. The van der Waals surface area contributed by atoms with Crippen molar-refractivity contribution in [3.8, 4) is 17.0 Å². The van der Waals surface area contributed by atoms with Crippen molar-refractivity contribution in [3.63, 3.8) is 0 Å². The van der Waals surface area contributed by atoms with Crippen molar-refractivity contribution in [1.29, 1.82) is 0 Å². The molecule has 2 bridgehead atoms. The number of carbonyl (C=O) groups excluding carboxylic acids is 2. The number of aliphatic carboxylic acids is 1. The second-order valence-corrected chi connectivity index (χ2v) is 13.1. The molecule has 3 heterocycles. The first-order chi connectivity index (χ1) is 20.6. The molecule has 1 aromatic heterocycles. The Morgan fingerprint density at radius 1 is 1.05 bits per heavy atom. The highest BCUT2D eigenvalue weighted by Crippen LogP contribution is 2.44. The molecule has 2 saturated heterocycles. The van der Waals surface area contributed by atoms with Gasteiger partial charge in [-0.05, 0) is 80.3 Å². The predicted molar refractivity (Wildman–Crippen MR) is 166 cm³/mol. The Kier molecular flexibility index (Phi) is 7.89. The summed E-state index contributed by atoms with van der Waals surface area (Å²) in [5.74, 6) is 0.0392. The van der Waals surface area contributed by atoms with Gasteiger partial charge in [-0.3, -0.25) is 14.4 Å². The standard InChI is InChI=1S/C33H38N4O5S/c1-19-5-8-28(26(11-19)27-18-43-33(34-27)37-14-22-6-7-23(15-37)30(22)32(40)41)42-17-24-12-21(3)25(13-20(24)2)31(39)36-10-9-35(4)29(38)16-36/h5,8,11-13,18,22-23,30H,6-7,9-10,14-17H2,1-4H3,(H,40,41). The maximum Gasteiger partial charge on any atom is 0.307 e. The molecule has 2 aromatic carbocycles. The lowest BCUT2D eigenvalue weighted by atomic mass is 9.85. The van der Waals surface area contributed by atoms with E-state index in [4.69, 9.17) is 9.72 Å². The van der Waals surface area contributed by atoms with Crippen molar-refractivity contribution in [2.24, 2.45) is 17.8 Å². The van der Waals surface area contributed by atoms with E-state index in [0.29, 0.717) is 25.3 Å². The fourth-order valence-corrected chi connectivity index (χ4v) is 7.65. The van der Waals surface area contributed by atoms with E-state index in [9.17, 15) is 19.5 Å². The van der Waals surface area contributed by atoms with Crippen LogP contribution in [0, 0.1) is 38.5 Å². The zero-order valence-corrected chi connectivity index (χ0v) is 25.9. The third kappa shape index (κ3) is 5.72. The molecule has 2 unspecified atom stereocenters. The second-order valence-electron chi connectivity index (χ2n) is 12.3. The number of likely N-dealkylation sites (N-methyl/N-ethyl adjacent to an activating group) is 1. The van der Waals surface area contributed by atoms with Crippen molar-refractivity contribution in [3.05, 3.63) is 63.5 Å². The minimum absolute atomic E-state index is 0.0463. The number of benzene rings is 2. The third-order valence-corrected chi connectivity index (χ3v) is 10.2. The van der Waals surface area contributed by atoms with E-state index in [1.165, 1.54) is 0 Å². The summed E-state index contributed by atoms with van der Waals surface area (Å²) in [5.41, 5.74) is 6.30. The van der Waals surface area contributed by atoms with Gasteiger partial charge in [-0.15, -0.1) is 11.3 Å². The lowest BCUT2D eigenvalue weighted by molar-refractivity contribution is -0.144. The van der Waals surface area contributed by atoms with Crippen molar-refractivity contribution in [2.45, 2.75) is 40.2 Å². The molecule has 1 aliphatic carbocycles. The molecule has 3 aliphatic rings. The SMILES string of the molecule is Cc1ccc(OCc2cc(C)c(C(=O)N3CCN(C)C(=O)C3)cc2C)c(-c2csc(N3CC4CCC(C3)C4C(=O)O)n2)c1. The Labute approximate surface area is 256 Å². The van der Waals surface area contributed by atoms with Crippen LogP contribution in [0.3, 0.4) is 0 Å². The summed E-state index contributed by atoms with van der Waals surface area (Å²) < 4.78 is 6.39. The number of ether oxygens (including phenoxy) is 1. The lowest BCUT2D eigenvalue weighted by Crippen LogP contribution is -2.50. The summed E-state index contributed by atoms with van der Waals surface area (Å²) in [6, 6.07) is 10.0. The van der Waals surface area contributed by atoms with Gasteiger partial charge in [0.25, 0.3) is 5.91 Å². The van der Waals surface area contributed by atoms with Crippen molar-refractivity contribution in [1.82, 2.24) is 14.8 Å². The Hall–Kier alpha value is -3.92. The van der Waals surface area contributed by atoms with Crippen LogP contribution < -0.4 is 9.64 Å². The Morgan fingerprint density at radius 3 is 2.49 bits per heavy atom. The number of carbonyl (C=O) groups is 3. The van der Waals surface area contributed by atoms with Gasteiger partial charge in [-0.1, -0.05) is 17.7 Å². The van der Waals surface area contributed by atoms with Crippen LogP contribution in [0.4, 0.5) is 5.13 Å². The molecule has 9 nitrogen and oxygen atoms in total. The topological polar surface area (TPSA) is 103 Å². The van der Waals surface area contributed by atoms with E-state index in [2.05, 4.69) is 16.3 Å². The molecule has 2 amide bonds. The highest BCUT2D eigenvalue weighted by atomic mass is 32.1. The smallest absolute Gasteiger partial charge is 0.307 e. The molecule has 3 aromatic rings. The van der Waals surface area contributed by atoms with Crippen LogP contribution in [-0.2, 0) is 16.2 Å². The summed E-state index contributed by atoms with van der Waals surface area (Å²) >= 11 is 1.59. The van der Waals surface area contributed by atoms with Crippen LogP contribution in [0.1, 0.15) is 45.5 Å². The quantitative estimate of drug-likeness (QED) is 0.415. The number of nitrogens with zero attached hydrogens (tertiary/aromatic N) is 4. The molecule has 0 spiro atoms. The average Bonchev–Trinajstić information content (AvgIpc) is 3.57. The molecular weight excluding hydrogens is 564 g/mol.